The van der Waals surface area contributed by atoms with Crippen LogP contribution in [0.2, 0.25) is 0 Å². The SMILES string of the molecule is O=C(O)c1ccc(N2CC=CCC2)c2ccccc12. The fraction of sp³-hybridized carbons (Fsp3) is 0.188. The van der Waals surface area contributed by atoms with E-state index in [0.29, 0.717) is 5.56 Å². The van der Waals surface area contributed by atoms with Crippen LogP contribution in [0, 0.1) is 0 Å². The second-order valence-corrected chi connectivity index (χ2v) is 4.69. The van der Waals surface area contributed by atoms with Crippen molar-refractivity contribution in [3.63, 3.8) is 0 Å². The number of benzene rings is 2. The molecule has 0 aromatic heterocycles. The van der Waals surface area contributed by atoms with Gasteiger partial charge in [0.25, 0.3) is 0 Å². The van der Waals surface area contributed by atoms with Gasteiger partial charge in [0.15, 0.2) is 0 Å². The molecular formula is C16H15NO2. The molecular weight excluding hydrogens is 238 g/mol. The maximum atomic E-state index is 11.3. The van der Waals surface area contributed by atoms with Crippen molar-refractivity contribution in [3.05, 3.63) is 54.1 Å². The van der Waals surface area contributed by atoms with Crippen LogP contribution in [0.15, 0.2) is 48.6 Å². The summed E-state index contributed by atoms with van der Waals surface area (Å²) in [7, 11) is 0. The van der Waals surface area contributed by atoms with E-state index in [1.807, 2.05) is 30.3 Å². The van der Waals surface area contributed by atoms with E-state index < -0.39 is 5.97 Å². The first kappa shape index (κ1) is 11.8. The van der Waals surface area contributed by atoms with E-state index in [4.69, 9.17) is 0 Å². The average molecular weight is 253 g/mol. The van der Waals surface area contributed by atoms with Crippen LogP contribution in [0.25, 0.3) is 10.8 Å². The number of carbonyl (C=O) groups is 1. The zero-order chi connectivity index (χ0) is 13.2. The van der Waals surface area contributed by atoms with Crippen LogP contribution < -0.4 is 4.90 Å². The van der Waals surface area contributed by atoms with E-state index in [1.165, 1.54) is 0 Å². The number of fused-ring (bicyclic) bond motifs is 1. The summed E-state index contributed by atoms with van der Waals surface area (Å²) < 4.78 is 0. The lowest BCUT2D eigenvalue weighted by molar-refractivity contribution is 0.0699. The van der Waals surface area contributed by atoms with E-state index in [-0.39, 0.29) is 0 Å². The van der Waals surface area contributed by atoms with Gasteiger partial charge in [0.05, 0.1) is 5.56 Å². The third kappa shape index (κ3) is 2.08. The Morgan fingerprint density at radius 1 is 1.05 bits per heavy atom. The van der Waals surface area contributed by atoms with Gasteiger partial charge < -0.3 is 10.0 Å². The van der Waals surface area contributed by atoms with Crippen molar-refractivity contribution < 1.29 is 9.90 Å². The summed E-state index contributed by atoms with van der Waals surface area (Å²) in [4.78, 5) is 13.6. The van der Waals surface area contributed by atoms with Crippen LogP contribution >= 0.6 is 0 Å². The number of hydrogen-bond donors (Lipinski definition) is 1. The Morgan fingerprint density at radius 3 is 2.53 bits per heavy atom. The molecule has 0 radical (unpaired) electrons. The maximum Gasteiger partial charge on any atom is 0.336 e. The number of carboxylic acids is 1. The molecule has 96 valence electrons. The maximum absolute atomic E-state index is 11.3. The second kappa shape index (κ2) is 4.76. The number of carboxylic acid groups (broad SMARTS) is 1. The van der Waals surface area contributed by atoms with Crippen molar-refractivity contribution >= 4 is 22.4 Å². The molecule has 1 heterocycles. The topological polar surface area (TPSA) is 40.5 Å². The molecule has 0 unspecified atom stereocenters. The lowest BCUT2D eigenvalue weighted by Gasteiger charge is -2.27. The van der Waals surface area contributed by atoms with Crippen molar-refractivity contribution in [2.75, 3.05) is 18.0 Å². The second-order valence-electron chi connectivity index (χ2n) is 4.69. The van der Waals surface area contributed by atoms with Crippen LogP contribution in [-0.4, -0.2) is 24.2 Å². The van der Waals surface area contributed by atoms with Crippen molar-refractivity contribution in [1.82, 2.24) is 0 Å². The number of hydrogen-bond acceptors (Lipinski definition) is 2. The molecule has 0 fully saturated rings. The molecule has 2 aromatic carbocycles. The zero-order valence-electron chi connectivity index (χ0n) is 10.5. The van der Waals surface area contributed by atoms with Crippen LogP contribution in [0.1, 0.15) is 16.8 Å². The Hall–Kier alpha value is -2.29. The summed E-state index contributed by atoms with van der Waals surface area (Å²) in [5, 5.41) is 11.1. The van der Waals surface area contributed by atoms with E-state index in [2.05, 4.69) is 17.1 Å². The Balaban J connectivity index is 2.19. The van der Waals surface area contributed by atoms with Gasteiger partial charge in [0.1, 0.15) is 0 Å². The van der Waals surface area contributed by atoms with Crippen LogP contribution in [0.4, 0.5) is 5.69 Å². The highest BCUT2D eigenvalue weighted by molar-refractivity contribution is 6.07. The van der Waals surface area contributed by atoms with Gasteiger partial charge >= 0.3 is 5.97 Å². The predicted molar refractivity (Wildman–Crippen MR) is 76.9 cm³/mol. The van der Waals surface area contributed by atoms with Gasteiger partial charge in [-0.2, -0.15) is 0 Å². The minimum atomic E-state index is -0.874. The van der Waals surface area contributed by atoms with Gasteiger partial charge in [0.2, 0.25) is 0 Å². The molecule has 0 amide bonds. The summed E-state index contributed by atoms with van der Waals surface area (Å²) in [6.07, 6.45) is 5.38. The first-order valence-electron chi connectivity index (χ1n) is 6.42. The summed E-state index contributed by atoms with van der Waals surface area (Å²) in [5.74, 6) is -0.874. The van der Waals surface area contributed by atoms with Gasteiger partial charge in [-0.1, -0.05) is 36.4 Å². The minimum Gasteiger partial charge on any atom is -0.478 e. The zero-order valence-corrected chi connectivity index (χ0v) is 10.5. The third-order valence-corrected chi connectivity index (χ3v) is 3.53. The van der Waals surface area contributed by atoms with Gasteiger partial charge in [-0.3, -0.25) is 0 Å². The summed E-state index contributed by atoms with van der Waals surface area (Å²) in [6, 6.07) is 11.3. The number of nitrogens with zero attached hydrogens (tertiary/aromatic N) is 1. The lowest BCUT2D eigenvalue weighted by Crippen LogP contribution is -2.27. The molecule has 3 rings (SSSR count). The molecule has 0 saturated heterocycles. The minimum absolute atomic E-state index is 0.368. The molecule has 1 aliphatic rings. The van der Waals surface area contributed by atoms with Crippen LogP contribution in [-0.2, 0) is 0 Å². The number of rotatable bonds is 2. The number of anilines is 1. The standard InChI is InChI=1S/C16H15NO2/c18-16(19)14-8-9-15(17-10-4-1-5-11-17)13-7-3-2-6-12(13)14/h1-4,6-9H,5,10-11H2,(H,18,19). The summed E-state index contributed by atoms with van der Waals surface area (Å²) >= 11 is 0. The first-order valence-corrected chi connectivity index (χ1v) is 6.42. The van der Waals surface area contributed by atoms with Crippen molar-refractivity contribution in [2.24, 2.45) is 0 Å². The molecule has 0 bridgehead atoms. The predicted octanol–water partition coefficient (Wildman–Crippen LogP) is 3.30. The van der Waals surface area contributed by atoms with Crippen LogP contribution in [0.3, 0.4) is 0 Å². The summed E-state index contributed by atoms with van der Waals surface area (Å²) in [5.41, 5.74) is 1.48. The fourth-order valence-electron chi connectivity index (χ4n) is 2.61. The molecule has 1 aliphatic heterocycles. The smallest absolute Gasteiger partial charge is 0.336 e. The lowest BCUT2D eigenvalue weighted by atomic mass is 10.0. The van der Waals surface area contributed by atoms with E-state index >= 15 is 0 Å². The Bertz CT molecular complexity index is 661. The number of aromatic carboxylic acids is 1. The van der Waals surface area contributed by atoms with Crippen molar-refractivity contribution in [3.8, 4) is 0 Å². The third-order valence-electron chi connectivity index (χ3n) is 3.53. The molecule has 0 spiro atoms. The normalized spacial score (nSPS) is 14.8. The molecule has 0 saturated carbocycles. The highest BCUT2D eigenvalue weighted by Crippen LogP contribution is 2.30. The largest absolute Gasteiger partial charge is 0.478 e. The summed E-state index contributed by atoms with van der Waals surface area (Å²) in [6.45, 7) is 1.86. The van der Waals surface area contributed by atoms with Gasteiger partial charge in [-0.05, 0) is 23.9 Å². The fourth-order valence-corrected chi connectivity index (χ4v) is 2.61. The monoisotopic (exact) mass is 253 g/mol. The molecule has 1 N–H and O–H groups in total. The highest BCUT2D eigenvalue weighted by Gasteiger charge is 2.15. The average Bonchev–Trinajstić information content (AvgIpc) is 2.47. The molecule has 19 heavy (non-hydrogen) atoms. The Labute approximate surface area is 111 Å². The van der Waals surface area contributed by atoms with Gasteiger partial charge in [-0.15, -0.1) is 0 Å². The van der Waals surface area contributed by atoms with E-state index in [1.54, 1.807) is 6.07 Å². The molecule has 0 aliphatic carbocycles. The van der Waals surface area contributed by atoms with E-state index in [9.17, 15) is 9.90 Å². The van der Waals surface area contributed by atoms with Gasteiger partial charge in [-0.25, -0.2) is 4.79 Å². The van der Waals surface area contributed by atoms with Crippen LogP contribution in [0.5, 0.6) is 0 Å². The molecule has 2 aromatic rings. The Kier molecular flexibility index (Phi) is 2.95. The molecule has 3 nitrogen and oxygen atoms in total. The Morgan fingerprint density at radius 2 is 1.84 bits per heavy atom. The van der Waals surface area contributed by atoms with E-state index in [0.717, 1.165) is 36.0 Å². The van der Waals surface area contributed by atoms with Crippen molar-refractivity contribution in [1.29, 1.82) is 0 Å². The quantitative estimate of drug-likeness (QED) is 0.835. The highest BCUT2D eigenvalue weighted by atomic mass is 16.4. The van der Waals surface area contributed by atoms with Crippen molar-refractivity contribution in [2.45, 2.75) is 6.42 Å². The molecule has 0 atom stereocenters. The first-order chi connectivity index (χ1) is 9.27. The molecule has 3 heteroatoms. The van der Waals surface area contributed by atoms with Gasteiger partial charge in [0, 0.05) is 24.2 Å².